The number of likely N-dealkylation sites (tertiary alicyclic amines) is 1. The number of hydrogen-bond donors (Lipinski definition) is 0. The predicted molar refractivity (Wildman–Crippen MR) is 134 cm³/mol. The summed E-state index contributed by atoms with van der Waals surface area (Å²) in [7, 11) is 0. The number of carbonyl (C=O) groups is 3. The molecule has 1 heterocycles. The summed E-state index contributed by atoms with van der Waals surface area (Å²) in [5, 5.41) is 0. The van der Waals surface area contributed by atoms with Crippen molar-refractivity contribution < 1.29 is 14.4 Å². The second-order valence-corrected chi connectivity index (χ2v) is 9.14. The number of rotatable bonds is 6. The molecule has 174 valence electrons. The van der Waals surface area contributed by atoms with Gasteiger partial charge in [-0.3, -0.25) is 14.4 Å². The van der Waals surface area contributed by atoms with Gasteiger partial charge in [-0.05, 0) is 30.5 Å². The molecule has 2 atom stereocenters. The third kappa shape index (κ3) is 4.58. The van der Waals surface area contributed by atoms with Crippen molar-refractivity contribution in [2.45, 2.75) is 33.1 Å². The standard InChI is InChI=1S/C30H31NO3/c1-4-27(32)31-18-25(29(33)22-13-7-5-8-14-22)28(24-17-11-12-20(2)21(24)3)26(19-31)30(34)23-15-9-6-10-16-23/h5-17,25-26,28H,4,18-19H2,1-3H3. The number of Topliss-reactive ketones (excluding diaryl/α,β-unsaturated/α-hetero) is 2. The molecule has 0 aliphatic carbocycles. The molecule has 4 rings (SSSR count). The van der Waals surface area contributed by atoms with Gasteiger partial charge in [0.25, 0.3) is 0 Å². The first-order valence-corrected chi connectivity index (χ1v) is 11.9. The Bertz CT molecular complexity index is 1120. The summed E-state index contributed by atoms with van der Waals surface area (Å²) in [6.45, 7) is 6.56. The number of ketones is 2. The van der Waals surface area contributed by atoms with E-state index < -0.39 is 11.8 Å². The number of piperidine rings is 1. The summed E-state index contributed by atoms with van der Waals surface area (Å²) in [4.78, 5) is 42.3. The molecule has 34 heavy (non-hydrogen) atoms. The maximum atomic E-state index is 13.9. The molecule has 3 aromatic carbocycles. The lowest BCUT2D eigenvalue weighted by atomic mass is 9.67. The minimum atomic E-state index is -0.509. The Balaban J connectivity index is 1.88. The molecule has 1 saturated heterocycles. The molecule has 0 saturated carbocycles. The molecule has 0 aromatic heterocycles. The molecule has 0 spiro atoms. The van der Waals surface area contributed by atoms with Gasteiger partial charge in [0, 0.05) is 48.4 Å². The Morgan fingerprint density at radius 2 is 1.24 bits per heavy atom. The highest BCUT2D eigenvalue weighted by Crippen LogP contribution is 2.42. The molecular formula is C30H31NO3. The van der Waals surface area contributed by atoms with E-state index in [0.29, 0.717) is 30.6 Å². The van der Waals surface area contributed by atoms with E-state index in [-0.39, 0.29) is 23.4 Å². The van der Waals surface area contributed by atoms with Gasteiger partial charge >= 0.3 is 0 Å². The van der Waals surface area contributed by atoms with Crippen LogP contribution in [0.2, 0.25) is 0 Å². The molecule has 4 nitrogen and oxygen atoms in total. The minimum Gasteiger partial charge on any atom is -0.341 e. The van der Waals surface area contributed by atoms with E-state index in [4.69, 9.17) is 0 Å². The second-order valence-electron chi connectivity index (χ2n) is 9.14. The van der Waals surface area contributed by atoms with Crippen LogP contribution >= 0.6 is 0 Å². The fourth-order valence-corrected chi connectivity index (χ4v) is 5.18. The largest absolute Gasteiger partial charge is 0.341 e. The zero-order chi connectivity index (χ0) is 24.2. The molecule has 0 N–H and O–H groups in total. The van der Waals surface area contributed by atoms with Gasteiger partial charge in [-0.1, -0.05) is 85.8 Å². The van der Waals surface area contributed by atoms with Crippen molar-refractivity contribution >= 4 is 17.5 Å². The van der Waals surface area contributed by atoms with E-state index in [0.717, 1.165) is 16.7 Å². The monoisotopic (exact) mass is 453 g/mol. The molecular weight excluding hydrogens is 422 g/mol. The SMILES string of the molecule is CCC(=O)N1CC(C(=O)c2ccccc2)C(c2cccc(C)c2C)C(C(=O)c2ccccc2)C1. The van der Waals surface area contributed by atoms with Gasteiger partial charge in [0.1, 0.15) is 0 Å². The molecule has 1 aliphatic heterocycles. The van der Waals surface area contributed by atoms with Gasteiger partial charge < -0.3 is 4.90 Å². The lowest BCUT2D eigenvalue weighted by Gasteiger charge is -2.43. The zero-order valence-electron chi connectivity index (χ0n) is 20.0. The van der Waals surface area contributed by atoms with Crippen LogP contribution in [-0.2, 0) is 4.79 Å². The number of aryl methyl sites for hydroxylation is 1. The highest BCUT2D eigenvalue weighted by molar-refractivity contribution is 6.02. The lowest BCUT2D eigenvalue weighted by molar-refractivity contribution is -0.133. The first-order chi connectivity index (χ1) is 16.4. The average molecular weight is 454 g/mol. The number of amides is 1. The van der Waals surface area contributed by atoms with Crippen molar-refractivity contribution in [3.63, 3.8) is 0 Å². The van der Waals surface area contributed by atoms with Gasteiger partial charge in [-0.25, -0.2) is 0 Å². The van der Waals surface area contributed by atoms with Crippen molar-refractivity contribution in [1.82, 2.24) is 4.90 Å². The molecule has 1 aliphatic rings. The van der Waals surface area contributed by atoms with Crippen LogP contribution in [0.3, 0.4) is 0 Å². The average Bonchev–Trinajstić information content (AvgIpc) is 2.89. The van der Waals surface area contributed by atoms with E-state index in [1.807, 2.05) is 79.7 Å². The molecule has 3 aromatic rings. The Kier molecular flexibility index (Phi) is 7.06. The lowest BCUT2D eigenvalue weighted by Crippen LogP contribution is -2.52. The van der Waals surface area contributed by atoms with E-state index in [9.17, 15) is 14.4 Å². The van der Waals surface area contributed by atoms with E-state index >= 15 is 0 Å². The Labute approximate surface area is 201 Å². The fourth-order valence-electron chi connectivity index (χ4n) is 5.18. The number of nitrogens with zero attached hydrogens (tertiary/aromatic N) is 1. The van der Waals surface area contributed by atoms with Crippen LogP contribution in [0.4, 0.5) is 0 Å². The van der Waals surface area contributed by atoms with Crippen molar-refractivity contribution in [3.05, 3.63) is 107 Å². The quantitative estimate of drug-likeness (QED) is 0.454. The predicted octanol–water partition coefficient (Wildman–Crippen LogP) is 5.64. The fraction of sp³-hybridized carbons (Fsp3) is 0.300. The summed E-state index contributed by atoms with van der Waals surface area (Å²) in [5.74, 6) is -1.41. The van der Waals surface area contributed by atoms with Gasteiger partial charge in [-0.2, -0.15) is 0 Å². The normalized spacial score (nSPS) is 20.1. The third-order valence-electron chi connectivity index (χ3n) is 7.15. The van der Waals surface area contributed by atoms with Crippen LogP contribution in [0.5, 0.6) is 0 Å². The van der Waals surface area contributed by atoms with Crippen LogP contribution < -0.4 is 0 Å². The minimum absolute atomic E-state index is 0.0222. The number of hydrogen-bond acceptors (Lipinski definition) is 3. The maximum Gasteiger partial charge on any atom is 0.222 e. The molecule has 1 amide bonds. The summed E-state index contributed by atoms with van der Waals surface area (Å²) in [5.41, 5.74) is 4.46. The van der Waals surface area contributed by atoms with Gasteiger partial charge in [0.2, 0.25) is 5.91 Å². The summed E-state index contributed by atoms with van der Waals surface area (Å²) >= 11 is 0. The van der Waals surface area contributed by atoms with E-state index in [1.165, 1.54) is 0 Å². The molecule has 2 unspecified atom stereocenters. The van der Waals surface area contributed by atoms with Crippen molar-refractivity contribution in [2.24, 2.45) is 11.8 Å². The summed E-state index contributed by atoms with van der Waals surface area (Å²) in [6.07, 6.45) is 0.340. The van der Waals surface area contributed by atoms with Gasteiger partial charge in [0.05, 0.1) is 0 Å². The number of carbonyl (C=O) groups excluding carboxylic acids is 3. The highest BCUT2D eigenvalue weighted by atomic mass is 16.2. The molecule has 4 heteroatoms. The van der Waals surface area contributed by atoms with Crippen molar-refractivity contribution in [3.8, 4) is 0 Å². The molecule has 0 radical (unpaired) electrons. The van der Waals surface area contributed by atoms with E-state index in [2.05, 4.69) is 19.9 Å². The number of benzene rings is 3. The van der Waals surface area contributed by atoms with Crippen molar-refractivity contribution in [1.29, 1.82) is 0 Å². The summed E-state index contributed by atoms with van der Waals surface area (Å²) < 4.78 is 0. The van der Waals surface area contributed by atoms with E-state index in [1.54, 1.807) is 4.90 Å². The third-order valence-corrected chi connectivity index (χ3v) is 7.15. The van der Waals surface area contributed by atoms with Crippen LogP contribution in [0.25, 0.3) is 0 Å². The zero-order valence-corrected chi connectivity index (χ0v) is 20.0. The molecule has 1 fully saturated rings. The smallest absolute Gasteiger partial charge is 0.222 e. The summed E-state index contributed by atoms with van der Waals surface area (Å²) in [6, 6.07) is 24.5. The van der Waals surface area contributed by atoms with Crippen LogP contribution in [0, 0.1) is 25.7 Å². The Morgan fingerprint density at radius 1 is 0.735 bits per heavy atom. The van der Waals surface area contributed by atoms with Gasteiger partial charge in [0.15, 0.2) is 11.6 Å². The van der Waals surface area contributed by atoms with Crippen LogP contribution in [-0.4, -0.2) is 35.5 Å². The molecule has 0 bridgehead atoms. The first-order valence-electron chi connectivity index (χ1n) is 11.9. The first kappa shape index (κ1) is 23.6. The van der Waals surface area contributed by atoms with Crippen molar-refractivity contribution in [2.75, 3.05) is 13.1 Å². The van der Waals surface area contributed by atoms with Crippen LogP contribution in [0.1, 0.15) is 56.7 Å². The topological polar surface area (TPSA) is 54.5 Å². The highest BCUT2D eigenvalue weighted by Gasteiger charge is 2.46. The second kappa shape index (κ2) is 10.2. The van der Waals surface area contributed by atoms with Crippen LogP contribution in [0.15, 0.2) is 78.9 Å². The maximum absolute atomic E-state index is 13.9. The van der Waals surface area contributed by atoms with Gasteiger partial charge in [-0.15, -0.1) is 0 Å². The Morgan fingerprint density at radius 3 is 1.71 bits per heavy atom. The Hall–Kier alpha value is -3.53.